The summed E-state index contributed by atoms with van der Waals surface area (Å²) in [6, 6.07) is 18.4. The third-order valence-corrected chi connectivity index (χ3v) is 4.59. The van der Waals surface area contributed by atoms with Gasteiger partial charge in [0.25, 0.3) is 0 Å². The maximum atomic E-state index is 6.19. The van der Waals surface area contributed by atoms with E-state index in [-0.39, 0.29) is 0 Å². The van der Waals surface area contributed by atoms with E-state index in [1.54, 1.807) is 7.11 Å². The minimum atomic E-state index is 0.735. The average molecular weight is 322 g/mol. The maximum absolute atomic E-state index is 6.19. The van der Waals surface area contributed by atoms with E-state index in [1.165, 1.54) is 11.1 Å². The minimum absolute atomic E-state index is 0.735. The van der Waals surface area contributed by atoms with Crippen molar-refractivity contribution in [2.75, 3.05) is 7.11 Å². The molecule has 0 aliphatic rings. The Labute approximate surface area is 139 Å². The van der Waals surface area contributed by atoms with Crippen molar-refractivity contribution in [2.45, 2.75) is 6.92 Å². The number of ether oxygens (including phenoxy) is 1. The first-order valence-corrected chi connectivity index (χ1v) is 7.91. The fourth-order valence-corrected chi connectivity index (χ4v) is 3.43. The van der Waals surface area contributed by atoms with Gasteiger partial charge in [0.1, 0.15) is 5.75 Å². The van der Waals surface area contributed by atoms with Crippen molar-refractivity contribution in [2.24, 2.45) is 0 Å². The number of fused-ring (bicyclic) bond motifs is 3. The lowest BCUT2D eigenvalue weighted by Gasteiger charge is -2.12. The molecule has 0 amide bonds. The van der Waals surface area contributed by atoms with Gasteiger partial charge in [-0.1, -0.05) is 41.9 Å². The highest BCUT2D eigenvalue weighted by molar-refractivity contribution is 6.32. The lowest BCUT2D eigenvalue weighted by molar-refractivity contribution is 0.412. The molecule has 1 N–H and O–H groups in total. The number of nitrogens with one attached hydrogen (secondary N) is 1. The van der Waals surface area contributed by atoms with Crippen molar-refractivity contribution in [3.63, 3.8) is 0 Å². The molecular formula is C20H16ClNO. The van der Waals surface area contributed by atoms with Gasteiger partial charge in [-0.15, -0.1) is 0 Å². The van der Waals surface area contributed by atoms with Gasteiger partial charge >= 0.3 is 0 Å². The molecule has 0 aliphatic carbocycles. The summed E-state index contributed by atoms with van der Waals surface area (Å²) in [6.07, 6.45) is 0. The van der Waals surface area contributed by atoms with E-state index in [9.17, 15) is 0 Å². The van der Waals surface area contributed by atoms with Crippen molar-refractivity contribution in [1.29, 1.82) is 0 Å². The van der Waals surface area contributed by atoms with Gasteiger partial charge in [-0.05, 0) is 36.8 Å². The summed E-state index contributed by atoms with van der Waals surface area (Å²) in [4.78, 5) is 3.55. The molecule has 3 heteroatoms. The summed E-state index contributed by atoms with van der Waals surface area (Å²) >= 11 is 6.19. The highest BCUT2D eigenvalue weighted by atomic mass is 35.5. The van der Waals surface area contributed by atoms with E-state index in [4.69, 9.17) is 16.3 Å². The average Bonchev–Trinajstić information content (AvgIpc) is 2.92. The Morgan fingerprint density at radius 1 is 0.957 bits per heavy atom. The molecule has 0 aliphatic heterocycles. The summed E-state index contributed by atoms with van der Waals surface area (Å²) in [5.74, 6) is 0.886. The SMILES string of the molecule is COc1cc2c([nH]c3ccc(Cl)cc32)c(-c2ccccc2)c1C. The highest BCUT2D eigenvalue weighted by Crippen LogP contribution is 2.40. The van der Waals surface area contributed by atoms with Crippen molar-refractivity contribution < 1.29 is 4.74 Å². The molecule has 0 unspecified atom stereocenters. The van der Waals surface area contributed by atoms with Gasteiger partial charge in [0.15, 0.2) is 0 Å². The van der Waals surface area contributed by atoms with Gasteiger partial charge in [-0.2, -0.15) is 0 Å². The number of hydrogen-bond donors (Lipinski definition) is 1. The Bertz CT molecular complexity index is 1020. The van der Waals surface area contributed by atoms with Gasteiger partial charge in [-0.25, -0.2) is 0 Å². The van der Waals surface area contributed by atoms with Gasteiger partial charge in [0.2, 0.25) is 0 Å². The fourth-order valence-electron chi connectivity index (χ4n) is 3.26. The van der Waals surface area contributed by atoms with Crippen LogP contribution in [0.4, 0.5) is 0 Å². The summed E-state index contributed by atoms with van der Waals surface area (Å²) in [5, 5.41) is 2.98. The number of benzene rings is 3. The smallest absolute Gasteiger partial charge is 0.123 e. The second-order valence-corrected chi connectivity index (χ2v) is 6.12. The van der Waals surface area contributed by atoms with Crippen LogP contribution < -0.4 is 4.74 Å². The molecular weight excluding hydrogens is 306 g/mol. The number of aromatic amines is 1. The second kappa shape index (κ2) is 5.32. The Morgan fingerprint density at radius 3 is 2.48 bits per heavy atom. The summed E-state index contributed by atoms with van der Waals surface area (Å²) in [7, 11) is 1.71. The number of H-pyrrole nitrogens is 1. The van der Waals surface area contributed by atoms with Crippen molar-refractivity contribution in [1.82, 2.24) is 4.98 Å². The molecule has 0 bridgehead atoms. The van der Waals surface area contributed by atoms with Crippen LogP contribution in [-0.4, -0.2) is 12.1 Å². The van der Waals surface area contributed by atoms with Crippen LogP contribution in [0.1, 0.15) is 5.56 Å². The van der Waals surface area contributed by atoms with Crippen LogP contribution in [0.3, 0.4) is 0 Å². The summed E-state index contributed by atoms with van der Waals surface area (Å²) in [6.45, 7) is 2.10. The topological polar surface area (TPSA) is 25.0 Å². The van der Waals surface area contributed by atoms with Gasteiger partial charge in [-0.3, -0.25) is 0 Å². The zero-order chi connectivity index (χ0) is 16.0. The Balaban J connectivity index is 2.19. The third kappa shape index (κ3) is 2.18. The molecule has 0 radical (unpaired) electrons. The first-order valence-electron chi connectivity index (χ1n) is 7.53. The number of rotatable bonds is 2. The van der Waals surface area contributed by atoms with Crippen LogP contribution in [0.2, 0.25) is 5.02 Å². The van der Waals surface area contributed by atoms with E-state index in [0.29, 0.717) is 0 Å². The van der Waals surface area contributed by atoms with E-state index in [2.05, 4.69) is 42.2 Å². The van der Waals surface area contributed by atoms with Crippen LogP contribution in [0.5, 0.6) is 5.75 Å². The van der Waals surface area contributed by atoms with Crippen molar-refractivity contribution in [3.8, 4) is 16.9 Å². The van der Waals surface area contributed by atoms with Gasteiger partial charge in [0, 0.05) is 32.4 Å². The zero-order valence-electron chi connectivity index (χ0n) is 13.0. The predicted octanol–water partition coefficient (Wildman–Crippen LogP) is 5.96. The third-order valence-electron chi connectivity index (χ3n) is 4.35. The number of aromatic nitrogens is 1. The maximum Gasteiger partial charge on any atom is 0.123 e. The fraction of sp³-hybridized carbons (Fsp3) is 0.100. The van der Waals surface area contributed by atoms with E-state index in [0.717, 1.165) is 38.1 Å². The minimum Gasteiger partial charge on any atom is -0.496 e. The Hall–Kier alpha value is -2.45. The first-order chi connectivity index (χ1) is 11.2. The summed E-state index contributed by atoms with van der Waals surface area (Å²) in [5.41, 5.74) is 5.67. The molecule has 1 heterocycles. The molecule has 4 aromatic rings. The normalized spacial score (nSPS) is 11.3. The van der Waals surface area contributed by atoms with E-state index in [1.807, 2.05) is 24.3 Å². The quantitative estimate of drug-likeness (QED) is 0.484. The van der Waals surface area contributed by atoms with Crippen LogP contribution in [-0.2, 0) is 0 Å². The zero-order valence-corrected chi connectivity index (χ0v) is 13.7. The molecule has 114 valence electrons. The van der Waals surface area contributed by atoms with E-state index >= 15 is 0 Å². The molecule has 0 fully saturated rings. The highest BCUT2D eigenvalue weighted by Gasteiger charge is 2.16. The monoisotopic (exact) mass is 321 g/mol. The van der Waals surface area contributed by atoms with Crippen molar-refractivity contribution >= 4 is 33.4 Å². The lowest BCUT2D eigenvalue weighted by atomic mass is 9.96. The Morgan fingerprint density at radius 2 is 1.74 bits per heavy atom. The van der Waals surface area contributed by atoms with Crippen LogP contribution in [0, 0.1) is 6.92 Å². The van der Waals surface area contributed by atoms with Crippen LogP contribution in [0.15, 0.2) is 54.6 Å². The molecule has 0 saturated carbocycles. The Kier molecular flexibility index (Phi) is 3.28. The van der Waals surface area contributed by atoms with Crippen LogP contribution in [0.25, 0.3) is 32.9 Å². The first kappa shape index (κ1) is 14.2. The van der Waals surface area contributed by atoms with E-state index < -0.39 is 0 Å². The van der Waals surface area contributed by atoms with Crippen molar-refractivity contribution in [3.05, 3.63) is 65.2 Å². The van der Waals surface area contributed by atoms with Gasteiger partial charge < -0.3 is 9.72 Å². The molecule has 3 aromatic carbocycles. The molecule has 0 atom stereocenters. The van der Waals surface area contributed by atoms with Crippen LogP contribution >= 0.6 is 11.6 Å². The largest absolute Gasteiger partial charge is 0.496 e. The second-order valence-electron chi connectivity index (χ2n) is 5.68. The molecule has 0 saturated heterocycles. The molecule has 0 spiro atoms. The molecule has 23 heavy (non-hydrogen) atoms. The number of halogens is 1. The lowest BCUT2D eigenvalue weighted by Crippen LogP contribution is -1.92. The number of methoxy groups -OCH3 is 1. The number of hydrogen-bond acceptors (Lipinski definition) is 1. The molecule has 1 aromatic heterocycles. The van der Waals surface area contributed by atoms with Gasteiger partial charge in [0.05, 0.1) is 12.6 Å². The molecule has 2 nitrogen and oxygen atoms in total. The summed E-state index contributed by atoms with van der Waals surface area (Å²) < 4.78 is 5.62. The molecule has 4 rings (SSSR count). The predicted molar refractivity (Wildman–Crippen MR) is 97.5 cm³/mol. The standard InChI is InChI=1S/C20H16ClNO/c1-12-18(23-2)11-16-15-10-14(21)8-9-17(15)22-20(16)19(12)13-6-4-3-5-7-13/h3-11,22H,1-2H3.